The molecule has 0 saturated carbocycles. The predicted octanol–water partition coefficient (Wildman–Crippen LogP) is 2.39. The van der Waals surface area contributed by atoms with Gasteiger partial charge in [-0.05, 0) is 25.0 Å². The van der Waals surface area contributed by atoms with Crippen LogP contribution in [-0.2, 0) is 9.47 Å². The lowest BCUT2D eigenvalue weighted by Gasteiger charge is -2.23. The fourth-order valence-electron chi connectivity index (χ4n) is 1.89. The molecule has 1 N–H and O–H groups in total. The van der Waals surface area contributed by atoms with E-state index in [0.29, 0.717) is 6.61 Å². The molecular formula is C15H27N3O2. The number of nitrogens with zero attached hydrogens (tertiary/aromatic N) is 2. The Balaban J connectivity index is 2.66. The first-order chi connectivity index (χ1) is 9.81. The zero-order chi connectivity index (χ0) is 14.6. The summed E-state index contributed by atoms with van der Waals surface area (Å²) in [6.07, 6.45) is 2.07. The zero-order valence-corrected chi connectivity index (χ0v) is 12.9. The van der Waals surface area contributed by atoms with E-state index in [-0.39, 0.29) is 0 Å². The molecular weight excluding hydrogens is 254 g/mol. The summed E-state index contributed by atoms with van der Waals surface area (Å²) < 4.78 is 10.3. The predicted molar refractivity (Wildman–Crippen MR) is 83.6 cm³/mol. The van der Waals surface area contributed by atoms with Crippen LogP contribution in [0.15, 0.2) is 18.2 Å². The van der Waals surface area contributed by atoms with Gasteiger partial charge in [-0.15, -0.1) is 0 Å². The van der Waals surface area contributed by atoms with Crippen molar-refractivity contribution in [3.63, 3.8) is 0 Å². The van der Waals surface area contributed by atoms with E-state index in [2.05, 4.69) is 22.1 Å². The highest BCUT2D eigenvalue weighted by molar-refractivity contribution is 5.47. The number of anilines is 2. The number of hydrogen-bond acceptors (Lipinski definition) is 5. The lowest BCUT2D eigenvalue weighted by Crippen LogP contribution is -2.30. The summed E-state index contributed by atoms with van der Waals surface area (Å²) in [5.41, 5.74) is 0. The van der Waals surface area contributed by atoms with Crippen molar-refractivity contribution in [2.45, 2.75) is 19.8 Å². The fourth-order valence-corrected chi connectivity index (χ4v) is 1.89. The standard InChI is InChI=1S/C15H27N3O2/c1-4-9-16-14-7-5-8-15(17-14)18(11-13-20-3)10-6-12-19-2/h5,7-8H,4,6,9-13H2,1-3H3,(H,16,17). The molecule has 114 valence electrons. The summed E-state index contributed by atoms with van der Waals surface area (Å²) in [6, 6.07) is 6.08. The van der Waals surface area contributed by atoms with Gasteiger partial charge in [-0.25, -0.2) is 4.98 Å². The average molecular weight is 281 g/mol. The van der Waals surface area contributed by atoms with Crippen LogP contribution in [-0.4, -0.2) is 52.1 Å². The molecule has 5 heteroatoms. The van der Waals surface area contributed by atoms with Crippen LogP contribution in [0.4, 0.5) is 11.6 Å². The van der Waals surface area contributed by atoms with E-state index < -0.39 is 0 Å². The Morgan fingerprint density at radius 1 is 1.15 bits per heavy atom. The maximum absolute atomic E-state index is 5.18. The molecule has 0 unspecified atom stereocenters. The minimum Gasteiger partial charge on any atom is -0.385 e. The van der Waals surface area contributed by atoms with Crippen molar-refractivity contribution in [3.05, 3.63) is 18.2 Å². The minimum absolute atomic E-state index is 0.696. The van der Waals surface area contributed by atoms with Gasteiger partial charge in [0.05, 0.1) is 6.61 Å². The van der Waals surface area contributed by atoms with Crippen molar-refractivity contribution in [2.75, 3.05) is 57.3 Å². The molecule has 0 amide bonds. The van der Waals surface area contributed by atoms with Gasteiger partial charge < -0.3 is 19.7 Å². The molecule has 0 fully saturated rings. The van der Waals surface area contributed by atoms with Crippen LogP contribution in [0.5, 0.6) is 0 Å². The van der Waals surface area contributed by atoms with Crippen molar-refractivity contribution < 1.29 is 9.47 Å². The number of hydrogen-bond donors (Lipinski definition) is 1. The number of rotatable bonds is 11. The van der Waals surface area contributed by atoms with Crippen molar-refractivity contribution in [1.82, 2.24) is 4.98 Å². The topological polar surface area (TPSA) is 46.6 Å². The third-order valence-corrected chi connectivity index (χ3v) is 2.96. The van der Waals surface area contributed by atoms with E-state index in [4.69, 9.17) is 9.47 Å². The smallest absolute Gasteiger partial charge is 0.131 e. The summed E-state index contributed by atoms with van der Waals surface area (Å²) in [4.78, 5) is 6.90. The van der Waals surface area contributed by atoms with Gasteiger partial charge in [0.25, 0.3) is 0 Å². The van der Waals surface area contributed by atoms with Gasteiger partial charge in [-0.1, -0.05) is 13.0 Å². The lowest BCUT2D eigenvalue weighted by molar-refractivity contribution is 0.191. The molecule has 1 aromatic rings. The van der Waals surface area contributed by atoms with Gasteiger partial charge >= 0.3 is 0 Å². The molecule has 0 spiro atoms. The third kappa shape index (κ3) is 6.21. The summed E-state index contributed by atoms with van der Waals surface area (Å²) in [5, 5.41) is 3.32. The molecule has 5 nitrogen and oxygen atoms in total. The summed E-state index contributed by atoms with van der Waals surface area (Å²) in [5.74, 6) is 1.91. The highest BCUT2D eigenvalue weighted by Gasteiger charge is 2.08. The number of nitrogens with one attached hydrogen (secondary N) is 1. The van der Waals surface area contributed by atoms with Crippen LogP contribution >= 0.6 is 0 Å². The summed E-state index contributed by atoms with van der Waals surface area (Å²) in [6.45, 7) is 6.30. The number of methoxy groups -OCH3 is 2. The largest absolute Gasteiger partial charge is 0.385 e. The molecule has 0 aliphatic rings. The molecule has 0 bridgehead atoms. The Labute approximate surface area is 122 Å². The second-order valence-electron chi connectivity index (χ2n) is 4.63. The van der Waals surface area contributed by atoms with Gasteiger partial charge in [-0.3, -0.25) is 0 Å². The molecule has 0 radical (unpaired) electrons. The quantitative estimate of drug-likeness (QED) is 0.631. The first-order valence-electron chi connectivity index (χ1n) is 7.25. The first-order valence-corrected chi connectivity index (χ1v) is 7.25. The van der Waals surface area contributed by atoms with Crippen LogP contribution in [0.1, 0.15) is 19.8 Å². The third-order valence-electron chi connectivity index (χ3n) is 2.96. The molecule has 0 atom stereocenters. The molecule has 0 saturated heterocycles. The molecule has 0 aromatic carbocycles. The van der Waals surface area contributed by atoms with E-state index in [9.17, 15) is 0 Å². The van der Waals surface area contributed by atoms with E-state index in [1.807, 2.05) is 18.2 Å². The van der Waals surface area contributed by atoms with Crippen molar-refractivity contribution in [2.24, 2.45) is 0 Å². The Hall–Kier alpha value is -1.33. The van der Waals surface area contributed by atoms with Crippen LogP contribution in [0.25, 0.3) is 0 Å². The first kappa shape index (κ1) is 16.7. The van der Waals surface area contributed by atoms with Crippen LogP contribution in [0, 0.1) is 0 Å². The van der Waals surface area contributed by atoms with Crippen molar-refractivity contribution in [1.29, 1.82) is 0 Å². The highest BCUT2D eigenvalue weighted by atomic mass is 16.5. The normalized spacial score (nSPS) is 10.6. The number of pyridine rings is 1. The van der Waals surface area contributed by atoms with Gasteiger partial charge in [-0.2, -0.15) is 0 Å². The molecule has 0 aliphatic carbocycles. The monoisotopic (exact) mass is 281 g/mol. The molecule has 0 aliphatic heterocycles. The minimum atomic E-state index is 0.696. The van der Waals surface area contributed by atoms with Gasteiger partial charge in [0, 0.05) is 40.5 Å². The maximum atomic E-state index is 5.18. The summed E-state index contributed by atoms with van der Waals surface area (Å²) >= 11 is 0. The Morgan fingerprint density at radius 2 is 1.95 bits per heavy atom. The van der Waals surface area contributed by atoms with E-state index >= 15 is 0 Å². The second-order valence-corrected chi connectivity index (χ2v) is 4.63. The van der Waals surface area contributed by atoms with E-state index in [1.54, 1.807) is 14.2 Å². The lowest BCUT2D eigenvalue weighted by atomic mass is 10.3. The van der Waals surface area contributed by atoms with Gasteiger partial charge in [0.1, 0.15) is 11.6 Å². The second kappa shape index (κ2) is 10.5. The summed E-state index contributed by atoms with van der Waals surface area (Å²) in [7, 11) is 3.45. The molecule has 1 aromatic heterocycles. The molecule has 1 rings (SSSR count). The fraction of sp³-hybridized carbons (Fsp3) is 0.667. The maximum Gasteiger partial charge on any atom is 0.131 e. The Kier molecular flexibility index (Phi) is 8.74. The molecule has 1 heterocycles. The highest BCUT2D eigenvalue weighted by Crippen LogP contribution is 2.14. The van der Waals surface area contributed by atoms with Crippen molar-refractivity contribution >= 4 is 11.6 Å². The van der Waals surface area contributed by atoms with Crippen LogP contribution < -0.4 is 10.2 Å². The SMILES string of the molecule is CCCNc1cccc(N(CCCOC)CCOC)n1. The zero-order valence-electron chi connectivity index (χ0n) is 12.9. The van der Waals surface area contributed by atoms with Crippen LogP contribution in [0.3, 0.4) is 0 Å². The van der Waals surface area contributed by atoms with Gasteiger partial charge in [0.15, 0.2) is 0 Å². The average Bonchev–Trinajstić information content (AvgIpc) is 2.49. The molecule has 20 heavy (non-hydrogen) atoms. The van der Waals surface area contributed by atoms with Gasteiger partial charge in [0.2, 0.25) is 0 Å². The Morgan fingerprint density at radius 3 is 2.65 bits per heavy atom. The van der Waals surface area contributed by atoms with E-state index in [1.165, 1.54) is 0 Å². The van der Waals surface area contributed by atoms with Crippen LogP contribution in [0.2, 0.25) is 0 Å². The van der Waals surface area contributed by atoms with Crippen molar-refractivity contribution in [3.8, 4) is 0 Å². The number of ether oxygens (including phenoxy) is 2. The Bertz CT molecular complexity index is 361. The van der Waals surface area contributed by atoms with E-state index in [0.717, 1.165) is 50.7 Å². The number of aromatic nitrogens is 1.